The molecule has 2 aromatic heterocycles. The minimum Gasteiger partial charge on any atom is -0.334 e. The summed E-state index contributed by atoms with van der Waals surface area (Å²) in [6.07, 6.45) is 0. The Labute approximate surface area is 151 Å². The van der Waals surface area contributed by atoms with Crippen LogP contribution < -0.4 is 11.0 Å². The summed E-state index contributed by atoms with van der Waals surface area (Å²) >= 11 is 3.60. The summed E-state index contributed by atoms with van der Waals surface area (Å²) in [5.41, 5.74) is 3.75. The Hall–Kier alpha value is -2.80. The minimum atomic E-state index is -0.266. The molecular weight excluding hydrogens is 384 g/mol. The van der Waals surface area contributed by atoms with E-state index in [1.165, 1.54) is 0 Å². The maximum absolute atomic E-state index is 12.5. The first-order valence-electron chi connectivity index (χ1n) is 7.78. The third-order valence-electron chi connectivity index (χ3n) is 4.26. The van der Waals surface area contributed by atoms with E-state index in [0.717, 1.165) is 21.1 Å². The van der Waals surface area contributed by atoms with E-state index < -0.39 is 0 Å². The lowest BCUT2D eigenvalue weighted by atomic mass is 10.2. The number of hydrogen-bond acceptors (Lipinski definition) is 2. The van der Waals surface area contributed by atoms with Crippen LogP contribution in [-0.2, 0) is 11.3 Å². The zero-order valence-electron chi connectivity index (χ0n) is 13.4. The van der Waals surface area contributed by atoms with Gasteiger partial charge in [0.05, 0.1) is 11.0 Å². The van der Waals surface area contributed by atoms with Gasteiger partial charge in [0.1, 0.15) is 6.54 Å². The first-order valence-corrected chi connectivity index (χ1v) is 8.57. The fourth-order valence-corrected chi connectivity index (χ4v) is 3.60. The molecule has 4 aromatic rings. The van der Waals surface area contributed by atoms with E-state index in [9.17, 15) is 9.59 Å². The molecule has 4 rings (SSSR count). The number of carbonyl (C=O) groups excluding carboxylic acids is 1. The number of H-pyrrole nitrogens is 2. The monoisotopic (exact) mass is 398 g/mol. The number of para-hydroxylation sites is 1. The van der Waals surface area contributed by atoms with E-state index >= 15 is 0 Å². The van der Waals surface area contributed by atoms with Crippen LogP contribution in [0, 0.1) is 6.92 Å². The fourth-order valence-electron chi connectivity index (χ4n) is 3.05. The zero-order chi connectivity index (χ0) is 17.6. The normalized spacial score (nSPS) is 11.3. The largest absolute Gasteiger partial charge is 0.334 e. The second-order valence-corrected chi connectivity index (χ2v) is 6.68. The third-order valence-corrected chi connectivity index (χ3v) is 5.26. The highest BCUT2D eigenvalue weighted by Crippen LogP contribution is 2.30. The van der Waals surface area contributed by atoms with Crippen molar-refractivity contribution in [2.75, 3.05) is 5.32 Å². The average Bonchev–Trinajstić information content (AvgIpc) is 3.07. The Kier molecular flexibility index (Phi) is 3.73. The molecule has 0 aliphatic heterocycles. The number of fused-ring (bicyclic) bond motifs is 2. The highest BCUT2D eigenvalue weighted by Gasteiger charge is 2.14. The second-order valence-electron chi connectivity index (χ2n) is 5.89. The number of aromatic amines is 2. The van der Waals surface area contributed by atoms with Gasteiger partial charge in [-0.1, -0.05) is 18.2 Å². The van der Waals surface area contributed by atoms with Crippen molar-refractivity contribution >= 4 is 49.5 Å². The number of benzene rings is 2. The SMILES string of the molecule is Cc1c(Br)c2ccccc2n1CC(=O)Nc1ccc2[nH]c(=O)[nH]c2c1. The van der Waals surface area contributed by atoms with Gasteiger partial charge in [-0.25, -0.2) is 4.79 Å². The number of carbonyl (C=O) groups is 1. The van der Waals surface area contributed by atoms with Crippen molar-refractivity contribution in [3.05, 3.63) is 63.1 Å². The van der Waals surface area contributed by atoms with E-state index in [0.29, 0.717) is 16.7 Å². The molecule has 0 bridgehead atoms. The summed E-state index contributed by atoms with van der Waals surface area (Å²) < 4.78 is 2.98. The lowest BCUT2D eigenvalue weighted by Crippen LogP contribution is -2.19. The van der Waals surface area contributed by atoms with Crippen LogP contribution in [-0.4, -0.2) is 20.4 Å². The third kappa shape index (κ3) is 2.76. The first kappa shape index (κ1) is 15.7. The lowest BCUT2D eigenvalue weighted by Gasteiger charge is -2.09. The van der Waals surface area contributed by atoms with E-state index in [1.807, 2.05) is 35.8 Å². The van der Waals surface area contributed by atoms with Crippen molar-refractivity contribution < 1.29 is 4.79 Å². The molecule has 2 aromatic carbocycles. The van der Waals surface area contributed by atoms with Gasteiger partial charge in [0, 0.05) is 26.8 Å². The molecule has 0 saturated heterocycles. The second kappa shape index (κ2) is 5.93. The maximum atomic E-state index is 12.5. The van der Waals surface area contributed by atoms with Crippen LogP contribution in [0.1, 0.15) is 5.69 Å². The van der Waals surface area contributed by atoms with Crippen molar-refractivity contribution in [2.45, 2.75) is 13.5 Å². The molecule has 7 heteroatoms. The summed E-state index contributed by atoms with van der Waals surface area (Å²) in [4.78, 5) is 29.2. The fraction of sp³-hybridized carbons (Fsp3) is 0.111. The quantitative estimate of drug-likeness (QED) is 0.493. The van der Waals surface area contributed by atoms with Crippen LogP contribution in [0.5, 0.6) is 0 Å². The van der Waals surface area contributed by atoms with Crippen molar-refractivity contribution in [1.29, 1.82) is 0 Å². The zero-order valence-corrected chi connectivity index (χ0v) is 15.0. The molecule has 25 heavy (non-hydrogen) atoms. The van der Waals surface area contributed by atoms with E-state index in [-0.39, 0.29) is 18.1 Å². The molecule has 2 heterocycles. The average molecular weight is 399 g/mol. The molecule has 126 valence electrons. The molecule has 0 spiro atoms. The van der Waals surface area contributed by atoms with Gasteiger partial charge in [-0.2, -0.15) is 0 Å². The molecule has 0 unspecified atom stereocenters. The smallest absolute Gasteiger partial charge is 0.323 e. The first-order chi connectivity index (χ1) is 12.0. The van der Waals surface area contributed by atoms with Crippen molar-refractivity contribution in [2.24, 2.45) is 0 Å². The molecule has 0 atom stereocenters. The highest BCUT2D eigenvalue weighted by molar-refractivity contribution is 9.10. The summed E-state index contributed by atoms with van der Waals surface area (Å²) in [5.74, 6) is -0.131. The number of hydrogen-bond donors (Lipinski definition) is 3. The van der Waals surface area contributed by atoms with Crippen molar-refractivity contribution in [3.63, 3.8) is 0 Å². The van der Waals surface area contributed by atoms with Gasteiger partial charge < -0.3 is 19.9 Å². The molecule has 0 aliphatic rings. The molecule has 0 aliphatic carbocycles. The van der Waals surface area contributed by atoms with Crippen molar-refractivity contribution in [1.82, 2.24) is 14.5 Å². The number of halogens is 1. The molecule has 0 radical (unpaired) electrons. The molecule has 3 N–H and O–H groups in total. The Bertz CT molecular complexity index is 1170. The Balaban J connectivity index is 1.61. The van der Waals surface area contributed by atoms with Gasteiger partial charge in [0.25, 0.3) is 0 Å². The molecular formula is C18H15BrN4O2. The van der Waals surface area contributed by atoms with Crippen LogP contribution in [0.2, 0.25) is 0 Å². The lowest BCUT2D eigenvalue weighted by molar-refractivity contribution is -0.116. The highest BCUT2D eigenvalue weighted by atomic mass is 79.9. The summed E-state index contributed by atoms with van der Waals surface area (Å²) in [7, 11) is 0. The van der Waals surface area contributed by atoms with Crippen LogP contribution in [0.3, 0.4) is 0 Å². The van der Waals surface area contributed by atoms with Gasteiger partial charge >= 0.3 is 5.69 Å². The number of imidazole rings is 1. The van der Waals surface area contributed by atoms with Crippen LogP contribution in [0.15, 0.2) is 51.7 Å². The number of nitrogens with one attached hydrogen (secondary N) is 3. The van der Waals surface area contributed by atoms with Gasteiger partial charge in [0.15, 0.2) is 0 Å². The van der Waals surface area contributed by atoms with Gasteiger partial charge in [0.2, 0.25) is 5.91 Å². The van der Waals surface area contributed by atoms with E-state index in [4.69, 9.17) is 0 Å². The number of rotatable bonds is 3. The Morgan fingerprint density at radius 2 is 1.92 bits per heavy atom. The van der Waals surface area contributed by atoms with E-state index in [1.54, 1.807) is 18.2 Å². The summed E-state index contributed by atoms with van der Waals surface area (Å²) in [6.45, 7) is 2.19. The Morgan fingerprint density at radius 1 is 1.16 bits per heavy atom. The standard InChI is InChI=1S/C18H15BrN4O2/c1-10-17(19)12-4-2-3-5-15(12)23(10)9-16(24)20-11-6-7-13-14(8-11)22-18(25)21-13/h2-8H,9H2,1H3,(H,20,24)(H2,21,22,25). The van der Waals surface area contributed by atoms with Gasteiger partial charge in [-0.15, -0.1) is 0 Å². The number of anilines is 1. The topological polar surface area (TPSA) is 82.7 Å². The van der Waals surface area contributed by atoms with Gasteiger partial charge in [-0.3, -0.25) is 4.79 Å². The molecule has 6 nitrogen and oxygen atoms in total. The van der Waals surface area contributed by atoms with Crippen LogP contribution in [0.4, 0.5) is 5.69 Å². The number of nitrogens with zero attached hydrogens (tertiary/aromatic N) is 1. The van der Waals surface area contributed by atoms with Crippen LogP contribution in [0.25, 0.3) is 21.9 Å². The summed E-state index contributed by atoms with van der Waals surface area (Å²) in [6, 6.07) is 13.2. The predicted molar refractivity (Wildman–Crippen MR) is 102 cm³/mol. The predicted octanol–water partition coefficient (Wildman–Crippen LogP) is 3.52. The van der Waals surface area contributed by atoms with Crippen LogP contribution >= 0.6 is 15.9 Å². The van der Waals surface area contributed by atoms with Crippen molar-refractivity contribution in [3.8, 4) is 0 Å². The number of aromatic nitrogens is 3. The van der Waals surface area contributed by atoms with E-state index in [2.05, 4.69) is 31.2 Å². The number of amides is 1. The molecule has 0 saturated carbocycles. The molecule has 1 amide bonds. The molecule has 0 fully saturated rings. The van der Waals surface area contributed by atoms with Gasteiger partial charge in [-0.05, 0) is 47.1 Å². The minimum absolute atomic E-state index is 0.131. The Morgan fingerprint density at radius 3 is 2.76 bits per heavy atom. The maximum Gasteiger partial charge on any atom is 0.323 e. The summed E-state index contributed by atoms with van der Waals surface area (Å²) in [5, 5.41) is 3.96.